The Bertz CT molecular complexity index is 1280. The van der Waals surface area contributed by atoms with Crippen molar-refractivity contribution in [3.8, 4) is 11.5 Å². The van der Waals surface area contributed by atoms with Crippen molar-refractivity contribution in [3.05, 3.63) is 39.6 Å². The van der Waals surface area contributed by atoms with Gasteiger partial charge >= 0.3 is 7.12 Å². The molecule has 0 radical (unpaired) electrons. The van der Waals surface area contributed by atoms with Crippen molar-refractivity contribution in [2.75, 3.05) is 14.2 Å². The van der Waals surface area contributed by atoms with Crippen molar-refractivity contribution < 1.29 is 19.5 Å². The first-order valence-electron chi connectivity index (χ1n) is 10.4. The van der Waals surface area contributed by atoms with E-state index in [-0.39, 0.29) is 0 Å². The molecule has 10 nitrogen and oxygen atoms in total. The van der Waals surface area contributed by atoms with Crippen LogP contribution in [0, 0.1) is 3.70 Å². The second kappa shape index (κ2) is 8.48. The fourth-order valence-corrected chi connectivity index (χ4v) is 3.96. The molecule has 2 fully saturated rings. The van der Waals surface area contributed by atoms with E-state index in [9.17, 15) is 10.0 Å². The lowest BCUT2D eigenvalue weighted by Crippen LogP contribution is -2.36. The standard InChI is InChI=1S/C10H12BN3O3.C10H10IN3O/c1-17-7-4-5-8(11(15)16)14-10(7)12-9(13-14)6-2-3-6;1-15-7-4-5-8(11)14-10(7)12-9(13-14)6-2-3-6/h4-6,15-16H,2-3H2,1H3;4-6H,2-3H2,1H3. The van der Waals surface area contributed by atoms with E-state index in [4.69, 9.17) is 9.47 Å². The zero-order valence-electron chi connectivity index (χ0n) is 17.6. The van der Waals surface area contributed by atoms with Gasteiger partial charge in [0.25, 0.3) is 0 Å². The number of halogens is 1. The predicted octanol–water partition coefficient (Wildman–Crippen LogP) is 1.51. The molecule has 166 valence electrons. The number of methoxy groups -OCH3 is 2. The van der Waals surface area contributed by atoms with E-state index >= 15 is 0 Å². The van der Waals surface area contributed by atoms with Gasteiger partial charge in [-0.1, -0.05) is 0 Å². The van der Waals surface area contributed by atoms with E-state index in [0.717, 1.165) is 39.6 Å². The lowest BCUT2D eigenvalue weighted by atomic mass is 9.85. The molecule has 0 bridgehead atoms. The van der Waals surface area contributed by atoms with Crippen LogP contribution in [0.4, 0.5) is 0 Å². The third kappa shape index (κ3) is 4.02. The van der Waals surface area contributed by atoms with Gasteiger partial charge in [0.15, 0.2) is 34.4 Å². The van der Waals surface area contributed by atoms with Gasteiger partial charge in [-0.3, -0.25) is 0 Å². The molecular weight excluding hydrogens is 526 g/mol. The molecule has 0 amide bonds. The van der Waals surface area contributed by atoms with Crippen molar-refractivity contribution >= 4 is 46.6 Å². The molecule has 0 unspecified atom stereocenters. The first-order valence-corrected chi connectivity index (χ1v) is 11.5. The Morgan fingerprint density at radius 2 is 1.34 bits per heavy atom. The Kier molecular flexibility index (Phi) is 5.67. The highest BCUT2D eigenvalue weighted by molar-refractivity contribution is 14.1. The third-order valence-electron chi connectivity index (χ3n) is 5.50. The first kappa shape index (κ1) is 21.4. The lowest BCUT2D eigenvalue weighted by molar-refractivity contribution is 0.414. The van der Waals surface area contributed by atoms with Gasteiger partial charge in [0.2, 0.25) is 0 Å². The van der Waals surface area contributed by atoms with Crippen LogP contribution in [0.3, 0.4) is 0 Å². The van der Waals surface area contributed by atoms with Crippen LogP contribution < -0.4 is 15.1 Å². The van der Waals surface area contributed by atoms with Crippen LogP contribution in [-0.2, 0) is 0 Å². The minimum Gasteiger partial charge on any atom is -0.493 e. The highest BCUT2D eigenvalue weighted by atomic mass is 127. The molecule has 6 rings (SSSR count). The second-order valence-electron chi connectivity index (χ2n) is 7.88. The highest BCUT2D eigenvalue weighted by Gasteiger charge is 2.30. The average Bonchev–Trinajstić information content (AvgIpc) is 3.73. The van der Waals surface area contributed by atoms with E-state index in [1.54, 1.807) is 26.4 Å². The normalized spacial score (nSPS) is 15.5. The number of aromatic nitrogens is 6. The number of rotatable bonds is 5. The van der Waals surface area contributed by atoms with Gasteiger partial charge in [0.1, 0.15) is 3.70 Å². The summed E-state index contributed by atoms with van der Waals surface area (Å²) >= 11 is 2.25. The highest BCUT2D eigenvalue weighted by Crippen LogP contribution is 2.39. The smallest absolute Gasteiger partial charge is 0.493 e. The summed E-state index contributed by atoms with van der Waals surface area (Å²) < 4.78 is 14.8. The molecule has 0 saturated heterocycles. The molecule has 12 heteroatoms. The maximum Gasteiger partial charge on any atom is 0.508 e. The van der Waals surface area contributed by atoms with Crippen LogP contribution in [0.15, 0.2) is 24.3 Å². The Balaban J connectivity index is 0.000000136. The van der Waals surface area contributed by atoms with Crippen LogP contribution in [0.5, 0.6) is 11.5 Å². The first-order chi connectivity index (χ1) is 15.5. The zero-order valence-corrected chi connectivity index (χ0v) is 19.8. The molecule has 2 aliphatic carbocycles. The van der Waals surface area contributed by atoms with Gasteiger partial charge in [-0.05, 0) is 72.5 Å². The van der Waals surface area contributed by atoms with E-state index in [0.29, 0.717) is 28.8 Å². The van der Waals surface area contributed by atoms with Crippen molar-refractivity contribution in [2.45, 2.75) is 37.5 Å². The Labute approximate surface area is 197 Å². The summed E-state index contributed by atoms with van der Waals surface area (Å²) in [6.07, 6.45) is 4.62. The summed E-state index contributed by atoms with van der Waals surface area (Å²) in [6.45, 7) is 0. The van der Waals surface area contributed by atoms with Crippen LogP contribution in [-0.4, -0.2) is 60.6 Å². The minimum atomic E-state index is -1.57. The Morgan fingerprint density at radius 1 is 0.844 bits per heavy atom. The largest absolute Gasteiger partial charge is 0.508 e. The quantitative estimate of drug-likeness (QED) is 0.219. The Morgan fingerprint density at radius 3 is 1.84 bits per heavy atom. The number of fused-ring (bicyclic) bond motifs is 2. The van der Waals surface area contributed by atoms with Gasteiger partial charge < -0.3 is 19.5 Å². The minimum absolute atomic E-state index is 0.292. The number of ether oxygens (including phenoxy) is 2. The molecule has 4 aromatic rings. The summed E-state index contributed by atoms with van der Waals surface area (Å²) in [5.41, 5.74) is 1.64. The van der Waals surface area contributed by atoms with Crippen molar-refractivity contribution in [2.24, 2.45) is 0 Å². The zero-order chi connectivity index (χ0) is 22.4. The van der Waals surface area contributed by atoms with E-state index in [2.05, 4.69) is 42.8 Å². The maximum atomic E-state index is 9.27. The Hall–Kier alpha value is -2.45. The van der Waals surface area contributed by atoms with E-state index in [1.807, 2.05) is 16.6 Å². The maximum absolute atomic E-state index is 9.27. The van der Waals surface area contributed by atoms with Gasteiger partial charge in [-0.15, -0.1) is 5.10 Å². The lowest BCUT2D eigenvalue weighted by Gasteiger charge is -2.05. The molecule has 0 aromatic carbocycles. The van der Waals surface area contributed by atoms with E-state index < -0.39 is 7.12 Å². The van der Waals surface area contributed by atoms with Crippen molar-refractivity contribution in [1.82, 2.24) is 29.2 Å². The van der Waals surface area contributed by atoms with Gasteiger partial charge in [-0.25, -0.2) is 19.0 Å². The molecule has 0 atom stereocenters. The number of pyridine rings is 2. The summed E-state index contributed by atoms with van der Waals surface area (Å²) in [6, 6.07) is 7.15. The molecule has 32 heavy (non-hydrogen) atoms. The van der Waals surface area contributed by atoms with Gasteiger partial charge in [0, 0.05) is 11.8 Å². The van der Waals surface area contributed by atoms with Crippen LogP contribution in [0.1, 0.15) is 49.2 Å². The van der Waals surface area contributed by atoms with E-state index in [1.165, 1.54) is 17.4 Å². The number of hydrogen-bond donors (Lipinski definition) is 2. The number of nitrogens with zero attached hydrogens (tertiary/aromatic N) is 6. The van der Waals surface area contributed by atoms with Crippen molar-refractivity contribution in [1.29, 1.82) is 0 Å². The van der Waals surface area contributed by atoms with Crippen LogP contribution >= 0.6 is 22.6 Å². The number of hydrogen-bond acceptors (Lipinski definition) is 8. The van der Waals surface area contributed by atoms with Gasteiger partial charge in [0.05, 0.1) is 19.8 Å². The molecule has 0 aliphatic heterocycles. The second-order valence-corrected chi connectivity index (χ2v) is 8.99. The fraction of sp³-hybridized carbons (Fsp3) is 0.400. The summed E-state index contributed by atoms with van der Waals surface area (Å²) in [5.74, 6) is 4.05. The molecule has 2 aliphatic rings. The summed E-state index contributed by atoms with van der Waals surface area (Å²) in [5, 5.41) is 27.4. The SMILES string of the molecule is COc1ccc(B(O)O)n2nc(C3CC3)nc12.COc1ccc(I)n2nc(C3CC3)nc12. The molecule has 2 saturated carbocycles. The molecule has 4 aromatic heterocycles. The summed E-state index contributed by atoms with van der Waals surface area (Å²) in [7, 11) is 1.64. The van der Waals surface area contributed by atoms with Crippen LogP contribution in [0.2, 0.25) is 0 Å². The molecule has 4 heterocycles. The third-order valence-corrected chi connectivity index (χ3v) is 6.32. The monoisotopic (exact) mass is 548 g/mol. The fourth-order valence-electron chi connectivity index (χ4n) is 3.44. The summed E-state index contributed by atoms with van der Waals surface area (Å²) in [4.78, 5) is 8.92. The van der Waals surface area contributed by atoms with Crippen molar-refractivity contribution in [3.63, 3.8) is 0 Å². The molecule has 0 spiro atoms. The predicted molar refractivity (Wildman–Crippen MR) is 126 cm³/mol. The van der Waals surface area contributed by atoms with Gasteiger partial charge in [-0.2, -0.15) is 5.10 Å². The molecular formula is C20H22BIN6O4. The molecule has 2 N–H and O–H groups in total. The topological polar surface area (TPSA) is 119 Å². The average molecular weight is 548 g/mol. The van der Waals surface area contributed by atoms with Crippen LogP contribution in [0.25, 0.3) is 11.3 Å².